The first-order valence-corrected chi connectivity index (χ1v) is 12.2. The summed E-state index contributed by atoms with van der Waals surface area (Å²) in [5.74, 6) is 0.661. The number of benzene rings is 2. The minimum Gasteiger partial charge on any atom is -0.488 e. The van der Waals surface area contributed by atoms with Crippen LogP contribution in [0.25, 0.3) is 6.08 Å². The maximum atomic E-state index is 12.1. The topological polar surface area (TPSA) is 82.1 Å². The second kappa shape index (κ2) is 11.5. The van der Waals surface area contributed by atoms with Gasteiger partial charge in [0.25, 0.3) is 0 Å². The molecule has 2 aromatic carbocycles. The van der Waals surface area contributed by atoms with Gasteiger partial charge in [0.15, 0.2) is 0 Å². The van der Waals surface area contributed by atoms with Gasteiger partial charge in [0, 0.05) is 23.1 Å². The van der Waals surface area contributed by atoms with Crippen molar-refractivity contribution in [2.45, 2.75) is 78.6 Å². The highest BCUT2D eigenvalue weighted by Gasteiger charge is 2.31. The number of esters is 1. The van der Waals surface area contributed by atoms with Crippen LogP contribution in [0.15, 0.2) is 36.4 Å². The molecule has 0 saturated carbocycles. The zero-order valence-corrected chi connectivity index (χ0v) is 21.3. The van der Waals surface area contributed by atoms with E-state index in [2.05, 4.69) is 20.8 Å². The van der Waals surface area contributed by atoms with Crippen molar-refractivity contribution in [1.29, 1.82) is 0 Å². The second-order valence-electron chi connectivity index (χ2n) is 9.59. The molecule has 1 unspecified atom stereocenters. The second-order valence-corrected chi connectivity index (χ2v) is 9.59. The predicted octanol–water partition coefficient (Wildman–Crippen LogP) is 5.27. The third kappa shape index (κ3) is 6.95. The Hall–Kier alpha value is -3.12. The third-order valence-corrected chi connectivity index (χ3v) is 6.21. The highest BCUT2D eigenvalue weighted by Crippen LogP contribution is 2.44. The van der Waals surface area contributed by atoms with Crippen LogP contribution in [0.4, 0.5) is 0 Å². The van der Waals surface area contributed by atoms with Crippen LogP contribution in [0.3, 0.4) is 0 Å². The van der Waals surface area contributed by atoms with Crippen molar-refractivity contribution >= 4 is 17.8 Å². The molecule has 0 bridgehead atoms. The van der Waals surface area contributed by atoms with Gasteiger partial charge in [0.05, 0.1) is 12.7 Å². The number of carbonyl (C=O) groups is 2. The summed E-state index contributed by atoms with van der Waals surface area (Å²) < 4.78 is 17.5. The van der Waals surface area contributed by atoms with Gasteiger partial charge in [-0.25, -0.2) is 0 Å². The van der Waals surface area contributed by atoms with Gasteiger partial charge in [-0.3, -0.25) is 9.59 Å². The molecule has 1 atom stereocenters. The summed E-state index contributed by atoms with van der Waals surface area (Å²) in [4.78, 5) is 23.7. The molecule has 188 valence electrons. The van der Waals surface area contributed by atoms with Crippen LogP contribution in [-0.4, -0.2) is 35.2 Å². The monoisotopic (exact) mass is 480 g/mol. The van der Waals surface area contributed by atoms with Gasteiger partial charge in [-0.05, 0) is 58.6 Å². The fourth-order valence-electron chi connectivity index (χ4n) is 4.32. The first-order valence-electron chi connectivity index (χ1n) is 12.2. The van der Waals surface area contributed by atoms with E-state index in [9.17, 15) is 14.7 Å². The fraction of sp³-hybridized carbons (Fsp3) is 0.448. The molecule has 1 heterocycles. The number of ether oxygens (including phenoxy) is 3. The van der Waals surface area contributed by atoms with Crippen molar-refractivity contribution in [3.05, 3.63) is 64.2 Å². The molecule has 0 aliphatic carbocycles. The highest BCUT2D eigenvalue weighted by atomic mass is 16.5. The van der Waals surface area contributed by atoms with Gasteiger partial charge in [0.2, 0.25) is 0 Å². The summed E-state index contributed by atoms with van der Waals surface area (Å²) in [7, 11) is 0. The van der Waals surface area contributed by atoms with Crippen molar-refractivity contribution in [3.8, 4) is 11.5 Å². The first-order chi connectivity index (χ1) is 16.6. The standard InChI is InChI=1S/C29H36O6/c1-6-33-26(32)17-23(31)16-22(30)12-13-24-19(2)27(34-18-21-10-8-7-9-11-21)20(3)25-14-15-29(4,5)35-28(24)25/h7-13,22,30H,6,14-18H2,1-5H3. The van der Waals surface area contributed by atoms with Crippen LogP contribution in [0.1, 0.15) is 67.9 Å². The van der Waals surface area contributed by atoms with Gasteiger partial charge >= 0.3 is 5.97 Å². The molecule has 3 rings (SSSR count). The van der Waals surface area contributed by atoms with Crippen molar-refractivity contribution < 1.29 is 28.9 Å². The number of carbonyl (C=O) groups excluding carboxylic acids is 2. The number of ketones is 1. The normalized spacial score (nSPS) is 15.3. The number of hydrogen-bond donors (Lipinski definition) is 1. The van der Waals surface area contributed by atoms with Crippen molar-refractivity contribution in [1.82, 2.24) is 0 Å². The lowest BCUT2D eigenvalue weighted by molar-refractivity contribution is -0.145. The lowest BCUT2D eigenvalue weighted by Crippen LogP contribution is -2.33. The van der Waals surface area contributed by atoms with Gasteiger partial charge in [-0.1, -0.05) is 42.5 Å². The van der Waals surface area contributed by atoms with Crippen LogP contribution in [0, 0.1) is 13.8 Å². The van der Waals surface area contributed by atoms with Gasteiger partial charge in [0.1, 0.15) is 35.9 Å². The van der Waals surface area contributed by atoms with Gasteiger partial charge < -0.3 is 19.3 Å². The molecule has 2 aromatic rings. The lowest BCUT2D eigenvalue weighted by Gasteiger charge is -2.35. The largest absolute Gasteiger partial charge is 0.488 e. The summed E-state index contributed by atoms with van der Waals surface area (Å²) in [6.45, 7) is 10.5. The van der Waals surface area contributed by atoms with Crippen LogP contribution in [0.5, 0.6) is 11.5 Å². The number of aliphatic hydroxyl groups excluding tert-OH is 1. The third-order valence-electron chi connectivity index (χ3n) is 6.21. The Labute approximate surface area is 207 Å². The molecule has 1 aliphatic heterocycles. The van der Waals surface area contributed by atoms with Crippen LogP contribution in [-0.2, 0) is 27.4 Å². The van der Waals surface area contributed by atoms with Crippen LogP contribution < -0.4 is 9.47 Å². The maximum Gasteiger partial charge on any atom is 0.313 e. The number of rotatable bonds is 10. The van der Waals surface area contributed by atoms with Gasteiger partial charge in [-0.15, -0.1) is 0 Å². The minimum atomic E-state index is -1.03. The molecule has 0 fully saturated rings. The summed E-state index contributed by atoms with van der Waals surface area (Å²) >= 11 is 0. The number of Topliss-reactive ketones (excluding diaryl/α,β-unsaturated/α-hetero) is 1. The first kappa shape index (κ1) is 26.5. The minimum absolute atomic E-state index is 0.161. The zero-order chi connectivity index (χ0) is 25.6. The summed E-state index contributed by atoms with van der Waals surface area (Å²) in [6, 6.07) is 10.0. The van der Waals surface area contributed by atoms with E-state index in [4.69, 9.17) is 14.2 Å². The van der Waals surface area contributed by atoms with E-state index >= 15 is 0 Å². The van der Waals surface area contributed by atoms with E-state index < -0.39 is 12.1 Å². The predicted molar refractivity (Wildman–Crippen MR) is 136 cm³/mol. The van der Waals surface area contributed by atoms with E-state index in [0.29, 0.717) is 6.61 Å². The Kier molecular flexibility index (Phi) is 8.73. The lowest BCUT2D eigenvalue weighted by atomic mass is 9.87. The van der Waals surface area contributed by atoms with E-state index in [1.54, 1.807) is 19.1 Å². The van der Waals surface area contributed by atoms with Gasteiger partial charge in [-0.2, -0.15) is 0 Å². The number of aliphatic hydroxyl groups is 1. The summed E-state index contributed by atoms with van der Waals surface area (Å²) in [5, 5.41) is 10.5. The van der Waals surface area contributed by atoms with E-state index in [1.807, 2.05) is 37.3 Å². The van der Waals surface area contributed by atoms with Crippen LogP contribution >= 0.6 is 0 Å². The smallest absolute Gasteiger partial charge is 0.313 e. The van der Waals surface area contributed by atoms with Crippen molar-refractivity contribution in [3.63, 3.8) is 0 Å². The summed E-state index contributed by atoms with van der Waals surface area (Å²) in [6.07, 6.45) is 3.59. The Bertz CT molecular complexity index is 1080. The van der Waals surface area contributed by atoms with Crippen LogP contribution in [0.2, 0.25) is 0 Å². The summed E-state index contributed by atoms with van der Waals surface area (Å²) in [5.41, 5.74) is 4.68. The Morgan fingerprint density at radius 3 is 2.57 bits per heavy atom. The Morgan fingerprint density at radius 2 is 1.89 bits per heavy atom. The molecular weight excluding hydrogens is 444 g/mol. The molecule has 0 amide bonds. The molecule has 6 heteroatoms. The fourth-order valence-corrected chi connectivity index (χ4v) is 4.32. The molecule has 0 aromatic heterocycles. The maximum absolute atomic E-state index is 12.1. The average Bonchev–Trinajstić information content (AvgIpc) is 2.78. The molecule has 0 radical (unpaired) electrons. The quantitative estimate of drug-likeness (QED) is 0.368. The molecule has 1 aliphatic rings. The molecule has 1 N–H and O–H groups in total. The molecule has 0 spiro atoms. The van der Waals surface area contributed by atoms with E-state index in [0.717, 1.165) is 52.2 Å². The molecular formula is C29H36O6. The molecule has 35 heavy (non-hydrogen) atoms. The average molecular weight is 481 g/mol. The van der Waals surface area contributed by atoms with E-state index in [-0.39, 0.29) is 30.8 Å². The van der Waals surface area contributed by atoms with E-state index in [1.165, 1.54) is 0 Å². The Balaban J connectivity index is 1.88. The molecule has 6 nitrogen and oxygen atoms in total. The highest BCUT2D eigenvalue weighted by molar-refractivity contribution is 5.95. The zero-order valence-electron chi connectivity index (χ0n) is 21.3. The number of hydrogen-bond acceptors (Lipinski definition) is 6. The Morgan fingerprint density at radius 1 is 1.17 bits per heavy atom. The van der Waals surface area contributed by atoms with Crippen molar-refractivity contribution in [2.24, 2.45) is 0 Å². The SMILES string of the molecule is CCOC(=O)CC(=O)CC(O)C=Cc1c(C)c(OCc2ccccc2)c(C)c2c1OC(C)(C)CC2. The number of fused-ring (bicyclic) bond motifs is 1. The van der Waals surface area contributed by atoms with Crippen molar-refractivity contribution in [2.75, 3.05) is 6.61 Å². The molecule has 0 saturated heterocycles.